The van der Waals surface area contributed by atoms with E-state index in [-0.39, 0.29) is 5.91 Å². The second-order valence-corrected chi connectivity index (χ2v) is 8.24. The number of benzene rings is 1. The molecular weight excluding hydrogens is 344 g/mol. The van der Waals surface area contributed by atoms with Gasteiger partial charge in [-0.25, -0.2) is 9.97 Å². The molecule has 0 saturated heterocycles. The first kappa shape index (κ1) is 17.0. The molecule has 4 rings (SSSR count). The van der Waals surface area contributed by atoms with Crippen molar-refractivity contribution in [3.63, 3.8) is 0 Å². The van der Waals surface area contributed by atoms with Gasteiger partial charge in [0.2, 0.25) is 0 Å². The molecule has 0 aliphatic heterocycles. The number of fused-ring (bicyclic) bond motifs is 3. The van der Waals surface area contributed by atoms with Crippen LogP contribution in [0, 0.1) is 5.92 Å². The highest BCUT2D eigenvalue weighted by molar-refractivity contribution is 7.19. The lowest BCUT2D eigenvalue weighted by atomic mass is 9.89. The van der Waals surface area contributed by atoms with Crippen molar-refractivity contribution in [1.82, 2.24) is 14.9 Å². The molecule has 0 saturated carbocycles. The minimum atomic E-state index is 0.00185. The molecule has 1 amide bonds. The van der Waals surface area contributed by atoms with E-state index >= 15 is 0 Å². The molecule has 3 aromatic rings. The molecule has 1 aliphatic rings. The van der Waals surface area contributed by atoms with Gasteiger partial charge < -0.3 is 10.2 Å². The zero-order chi connectivity index (χ0) is 18.3. The Hall–Kier alpha value is -2.47. The highest BCUT2D eigenvalue weighted by atomic mass is 32.1. The molecule has 5 nitrogen and oxygen atoms in total. The number of nitrogens with one attached hydrogen (secondary N) is 1. The summed E-state index contributed by atoms with van der Waals surface area (Å²) in [7, 11) is 3.51. The van der Waals surface area contributed by atoms with Crippen LogP contribution in [-0.2, 0) is 12.8 Å². The largest absolute Gasteiger partial charge is 0.345 e. The Labute approximate surface area is 157 Å². The number of nitrogens with zero attached hydrogens (tertiary/aromatic N) is 3. The van der Waals surface area contributed by atoms with Gasteiger partial charge in [0.05, 0.1) is 5.39 Å². The Morgan fingerprint density at radius 3 is 2.73 bits per heavy atom. The van der Waals surface area contributed by atoms with Crippen LogP contribution in [0.4, 0.5) is 11.5 Å². The Morgan fingerprint density at radius 1 is 1.23 bits per heavy atom. The van der Waals surface area contributed by atoms with E-state index in [1.807, 2.05) is 24.3 Å². The first-order valence-corrected chi connectivity index (χ1v) is 9.68. The first-order valence-electron chi connectivity index (χ1n) is 8.87. The van der Waals surface area contributed by atoms with Gasteiger partial charge in [-0.2, -0.15) is 0 Å². The van der Waals surface area contributed by atoms with Crippen LogP contribution < -0.4 is 5.32 Å². The van der Waals surface area contributed by atoms with Crippen LogP contribution in [0.2, 0.25) is 0 Å². The van der Waals surface area contributed by atoms with Crippen LogP contribution in [0.25, 0.3) is 10.2 Å². The quantitative estimate of drug-likeness (QED) is 0.752. The second kappa shape index (κ2) is 6.68. The van der Waals surface area contributed by atoms with Gasteiger partial charge in [-0.1, -0.05) is 6.92 Å². The van der Waals surface area contributed by atoms with E-state index < -0.39 is 0 Å². The summed E-state index contributed by atoms with van der Waals surface area (Å²) in [5, 5.41) is 4.58. The van der Waals surface area contributed by atoms with Gasteiger partial charge in [-0.3, -0.25) is 4.79 Å². The maximum atomic E-state index is 12.0. The van der Waals surface area contributed by atoms with E-state index in [2.05, 4.69) is 22.2 Å². The highest BCUT2D eigenvalue weighted by Crippen LogP contribution is 2.40. The second-order valence-electron chi connectivity index (χ2n) is 7.16. The number of aryl methyl sites for hydroxylation is 1. The third kappa shape index (κ3) is 3.05. The number of amides is 1. The predicted molar refractivity (Wildman–Crippen MR) is 106 cm³/mol. The number of carbonyl (C=O) groups excluding carboxylic acids is 1. The van der Waals surface area contributed by atoms with E-state index in [0.717, 1.165) is 40.5 Å². The first-order chi connectivity index (χ1) is 12.5. The van der Waals surface area contributed by atoms with Crippen molar-refractivity contribution in [2.45, 2.75) is 26.2 Å². The van der Waals surface area contributed by atoms with Crippen LogP contribution in [0.3, 0.4) is 0 Å². The van der Waals surface area contributed by atoms with Crippen molar-refractivity contribution in [3.8, 4) is 0 Å². The summed E-state index contributed by atoms with van der Waals surface area (Å²) in [5.74, 6) is 1.59. The van der Waals surface area contributed by atoms with E-state index in [1.165, 1.54) is 16.9 Å². The van der Waals surface area contributed by atoms with Crippen molar-refractivity contribution >= 4 is 39.0 Å². The summed E-state index contributed by atoms with van der Waals surface area (Å²) < 4.78 is 0. The van der Waals surface area contributed by atoms with Gasteiger partial charge in [0.1, 0.15) is 17.0 Å². The Morgan fingerprint density at radius 2 is 2.00 bits per heavy atom. The molecule has 0 unspecified atom stereocenters. The minimum absolute atomic E-state index is 0.00185. The summed E-state index contributed by atoms with van der Waals surface area (Å²) in [5.41, 5.74) is 3.00. The predicted octanol–water partition coefficient (Wildman–Crippen LogP) is 4.26. The van der Waals surface area contributed by atoms with Crippen molar-refractivity contribution in [1.29, 1.82) is 0 Å². The number of aromatic nitrogens is 2. The van der Waals surface area contributed by atoms with Gasteiger partial charge in [-0.05, 0) is 55.0 Å². The molecule has 0 fully saturated rings. The third-order valence-electron chi connectivity index (χ3n) is 4.89. The number of carbonyl (C=O) groups is 1. The summed E-state index contributed by atoms with van der Waals surface area (Å²) >= 11 is 1.80. The SMILES string of the molecule is C[C@@H]1CCc2c(sc3ncnc(Nc4ccc(C(=O)N(C)C)cc4)c23)C1. The lowest BCUT2D eigenvalue weighted by Gasteiger charge is -2.18. The lowest BCUT2D eigenvalue weighted by molar-refractivity contribution is 0.0827. The van der Waals surface area contributed by atoms with Crippen LogP contribution in [0.5, 0.6) is 0 Å². The maximum absolute atomic E-state index is 12.0. The Bertz CT molecular complexity index is 962. The molecular formula is C20H22N4OS. The third-order valence-corrected chi connectivity index (χ3v) is 6.05. The van der Waals surface area contributed by atoms with E-state index in [9.17, 15) is 4.79 Å². The summed E-state index contributed by atoms with van der Waals surface area (Å²) in [6, 6.07) is 7.53. The zero-order valence-corrected chi connectivity index (χ0v) is 16.1. The molecule has 1 aliphatic carbocycles. The average Bonchev–Trinajstić information content (AvgIpc) is 3.00. The van der Waals surface area contributed by atoms with Gasteiger partial charge in [0.15, 0.2) is 0 Å². The van der Waals surface area contributed by atoms with E-state index in [1.54, 1.807) is 36.7 Å². The topological polar surface area (TPSA) is 58.1 Å². The molecule has 0 spiro atoms. The molecule has 26 heavy (non-hydrogen) atoms. The molecule has 1 atom stereocenters. The fourth-order valence-electron chi connectivity index (χ4n) is 3.46. The van der Waals surface area contributed by atoms with Crippen molar-refractivity contribution in [2.75, 3.05) is 19.4 Å². The molecule has 134 valence electrons. The van der Waals surface area contributed by atoms with Gasteiger partial charge in [0.25, 0.3) is 5.91 Å². The molecule has 0 bridgehead atoms. The smallest absolute Gasteiger partial charge is 0.253 e. The monoisotopic (exact) mass is 366 g/mol. The molecule has 2 heterocycles. The van der Waals surface area contributed by atoms with Crippen LogP contribution in [0.1, 0.15) is 34.1 Å². The van der Waals surface area contributed by atoms with Crippen molar-refractivity contribution in [3.05, 3.63) is 46.6 Å². The fraction of sp³-hybridized carbons (Fsp3) is 0.350. The Balaban J connectivity index is 1.66. The molecule has 1 aromatic carbocycles. The summed E-state index contributed by atoms with van der Waals surface area (Å²) in [6.45, 7) is 2.31. The van der Waals surface area contributed by atoms with Crippen LogP contribution >= 0.6 is 11.3 Å². The van der Waals surface area contributed by atoms with Crippen molar-refractivity contribution in [2.24, 2.45) is 5.92 Å². The normalized spacial score (nSPS) is 16.3. The highest BCUT2D eigenvalue weighted by Gasteiger charge is 2.23. The number of thiophene rings is 1. The van der Waals surface area contributed by atoms with Crippen LogP contribution in [0.15, 0.2) is 30.6 Å². The number of hydrogen-bond acceptors (Lipinski definition) is 5. The minimum Gasteiger partial charge on any atom is -0.345 e. The number of hydrogen-bond donors (Lipinski definition) is 1. The lowest BCUT2D eigenvalue weighted by Crippen LogP contribution is -2.21. The molecule has 1 N–H and O–H groups in total. The van der Waals surface area contributed by atoms with E-state index in [0.29, 0.717) is 5.56 Å². The molecule has 2 aromatic heterocycles. The van der Waals surface area contributed by atoms with Gasteiger partial charge >= 0.3 is 0 Å². The standard InChI is InChI=1S/C20H22N4OS/c1-12-4-9-15-16(10-12)26-19-17(15)18(21-11-22-19)23-14-7-5-13(6-8-14)20(25)24(2)3/h5-8,11-12H,4,9-10H2,1-3H3,(H,21,22,23)/t12-/m1/s1. The summed E-state index contributed by atoms with van der Waals surface area (Å²) in [4.78, 5) is 25.1. The van der Waals surface area contributed by atoms with Crippen molar-refractivity contribution < 1.29 is 4.79 Å². The maximum Gasteiger partial charge on any atom is 0.253 e. The zero-order valence-electron chi connectivity index (χ0n) is 15.2. The average molecular weight is 366 g/mol. The number of anilines is 2. The van der Waals surface area contributed by atoms with Crippen LogP contribution in [-0.4, -0.2) is 34.9 Å². The summed E-state index contributed by atoms with van der Waals surface area (Å²) in [6.07, 6.45) is 5.07. The fourth-order valence-corrected chi connectivity index (χ4v) is 4.81. The van der Waals surface area contributed by atoms with E-state index in [4.69, 9.17) is 0 Å². The molecule has 6 heteroatoms. The van der Waals surface area contributed by atoms with Gasteiger partial charge in [-0.15, -0.1) is 11.3 Å². The molecule has 0 radical (unpaired) electrons. The number of rotatable bonds is 3. The Kier molecular flexibility index (Phi) is 4.36. The van der Waals surface area contributed by atoms with Gasteiger partial charge in [0, 0.05) is 30.2 Å².